The lowest BCUT2D eigenvalue weighted by Gasteiger charge is -2.42. The van der Waals surface area contributed by atoms with Crippen LogP contribution in [0, 0.1) is 10.8 Å². The molecule has 4 heteroatoms. The standard InChI is InChI=1S/C16H25F3O/c1-11-8-12(13(2,3)4)9-15(11,14(5,6)7)20-10-16(17,18)19/h8-9H,10H2,1-7H3. The fourth-order valence-corrected chi connectivity index (χ4v) is 2.52. The van der Waals surface area contributed by atoms with Crippen molar-refractivity contribution in [2.24, 2.45) is 10.8 Å². The fourth-order valence-electron chi connectivity index (χ4n) is 2.52. The van der Waals surface area contributed by atoms with E-state index in [0.29, 0.717) is 0 Å². The zero-order valence-corrected chi connectivity index (χ0v) is 13.4. The smallest absolute Gasteiger partial charge is 0.357 e. The van der Waals surface area contributed by atoms with E-state index in [4.69, 9.17) is 4.74 Å². The molecule has 0 saturated heterocycles. The van der Waals surface area contributed by atoms with E-state index < -0.39 is 23.8 Å². The summed E-state index contributed by atoms with van der Waals surface area (Å²) in [6.45, 7) is 12.5. The minimum absolute atomic E-state index is 0.115. The van der Waals surface area contributed by atoms with E-state index in [-0.39, 0.29) is 5.41 Å². The molecule has 0 spiro atoms. The highest BCUT2D eigenvalue weighted by Crippen LogP contribution is 2.48. The van der Waals surface area contributed by atoms with Gasteiger partial charge in [-0.2, -0.15) is 13.2 Å². The molecule has 0 aromatic rings. The first-order valence-electron chi connectivity index (χ1n) is 6.82. The summed E-state index contributed by atoms with van der Waals surface area (Å²) in [4.78, 5) is 0. The molecule has 1 nitrogen and oxygen atoms in total. The summed E-state index contributed by atoms with van der Waals surface area (Å²) < 4.78 is 43.1. The van der Waals surface area contributed by atoms with Gasteiger partial charge in [0, 0.05) is 0 Å². The number of hydrogen-bond donors (Lipinski definition) is 0. The molecule has 1 aliphatic rings. The third-order valence-corrected chi connectivity index (χ3v) is 3.76. The van der Waals surface area contributed by atoms with Crippen molar-refractivity contribution in [3.63, 3.8) is 0 Å². The Morgan fingerprint density at radius 2 is 1.55 bits per heavy atom. The number of hydrogen-bond acceptors (Lipinski definition) is 1. The van der Waals surface area contributed by atoms with Crippen LogP contribution >= 0.6 is 0 Å². The van der Waals surface area contributed by atoms with Crippen LogP contribution in [0.1, 0.15) is 48.5 Å². The van der Waals surface area contributed by atoms with E-state index >= 15 is 0 Å². The van der Waals surface area contributed by atoms with Crippen molar-refractivity contribution in [1.82, 2.24) is 0 Å². The van der Waals surface area contributed by atoms with Crippen LogP contribution in [0.15, 0.2) is 23.3 Å². The maximum atomic E-state index is 12.6. The third kappa shape index (κ3) is 3.46. The van der Waals surface area contributed by atoms with Gasteiger partial charge in [-0.25, -0.2) is 0 Å². The SMILES string of the molecule is CC1=CC(C(C)(C)C)=CC1(OCC(F)(F)F)C(C)(C)C. The van der Waals surface area contributed by atoms with Gasteiger partial charge < -0.3 is 4.74 Å². The molecule has 1 aliphatic carbocycles. The van der Waals surface area contributed by atoms with Crippen molar-refractivity contribution in [3.05, 3.63) is 23.3 Å². The Morgan fingerprint density at radius 1 is 1.05 bits per heavy atom. The Kier molecular flexibility index (Phi) is 4.24. The summed E-state index contributed by atoms with van der Waals surface area (Å²) >= 11 is 0. The van der Waals surface area contributed by atoms with Gasteiger partial charge in [0.05, 0.1) is 0 Å². The molecule has 0 fully saturated rings. The van der Waals surface area contributed by atoms with E-state index in [2.05, 4.69) is 0 Å². The minimum Gasteiger partial charge on any atom is -0.357 e. The first-order valence-corrected chi connectivity index (χ1v) is 6.82. The van der Waals surface area contributed by atoms with Crippen LogP contribution in [-0.4, -0.2) is 18.4 Å². The van der Waals surface area contributed by atoms with Gasteiger partial charge in [0.1, 0.15) is 12.2 Å². The quantitative estimate of drug-likeness (QED) is 0.672. The fraction of sp³-hybridized carbons (Fsp3) is 0.750. The molecule has 1 atom stereocenters. The molecule has 20 heavy (non-hydrogen) atoms. The van der Waals surface area contributed by atoms with Crippen LogP contribution in [0.25, 0.3) is 0 Å². The van der Waals surface area contributed by atoms with Gasteiger partial charge in [0.15, 0.2) is 0 Å². The number of halogens is 3. The molecule has 0 aliphatic heterocycles. The Bertz CT molecular complexity index is 430. The first kappa shape index (κ1) is 17.3. The summed E-state index contributed by atoms with van der Waals surface area (Å²) in [6.07, 6.45) is -0.493. The molecule has 1 unspecified atom stereocenters. The van der Waals surface area contributed by atoms with E-state index in [0.717, 1.165) is 11.1 Å². The molecule has 0 aromatic carbocycles. The van der Waals surface area contributed by atoms with Crippen molar-refractivity contribution in [2.75, 3.05) is 6.61 Å². The summed E-state index contributed by atoms with van der Waals surface area (Å²) in [5.41, 5.74) is 0.290. The summed E-state index contributed by atoms with van der Waals surface area (Å²) in [5, 5.41) is 0. The molecule has 1 rings (SSSR count). The number of allylic oxidation sites excluding steroid dienone is 2. The third-order valence-electron chi connectivity index (χ3n) is 3.76. The predicted molar refractivity (Wildman–Crippen MR) is 75.5 cm³/mol. The second kappa shape index (κ2) is 4.90. The lowest BCUT2D eigenvalue weighted by atomic mass is 9.73. The Morgan fingerprint density at radius 3 is 1.85 bits per heavy atom. The second-order valence-electron chi connectivity index (χ2n) is 7.57. The predicted octanol–water partition coefficient (Wildman–Crippen LogP) is 5.28. The van der Waals surface area contributed by atoms with Crippen LogP contribution in [0.5, 0.6) is 0 Å². The number of alkyl halides is 3. The van der Waals surface area contributed by atoms with Gasteiger partial charge >= 0.3 is 6.18 Å². The van der Waals surface area contributed by atoms with Crippen molar-refractivity contribution in [1.29, 1.82) is 0 Å². The van der Waals surface area contributed by atoms with Crippen molar-refractivity contribution >= 4 is 0 Å². The monoisotopic (exact) mass is 290 g/mol. The molecule has 0 radical (unpaired) electrons. The number of ether oxygens (including phenoxy) is 1. The Balaban J connectivity index is 3.23. The highest BCUT2D eigenvalue weighted by Gasteiger charge is 2.48. The first-order chi connectivity index (χ1) is 8.69. The largest absolute Gasteiger partial charge is 0.411 e. The van der Waals surface area contributed by atoms with Crippen molar-refractivity contribution < 1.29 is 17.9 Å². The van der Waals surface area contributed by atoms with Gasteiger partial charge in [-0.05, 0) is 35.0 Å². The van der Waals surface area contributed by atoms with Gasteiger partial charge in [-0.1, -0.05) is 47.6 Å². The number of rotatable bonds is 2. The van der Waals surface area contributed by atoms with Gasteiger partial charge in [-0.3, -0.25) is 0 Å². The average Bonchev–Trinajstić information content (AvgIpc) is 2.51. The van der Waals surface area contributed by atoms with Crippen LogP contribution in [0.3, 0.4) is 0 Å². The zero-order chi connectivity index (χ0) is 16.0. The molecule has 116 valence electrons. The highest BCUT2D eigenvalue weighted by molar-refractivity contribution is 5.46. The zero-order valence-electron chi connectivity index (χ0n) is 13.4. The minimum atomic E-state index is -4.32. The van der Waals surface area contributed by atoms with Gasteiger partial charge in [0.25, 0.3) is 0 Å². The van der Waals surface area contributed by atoms with E-state index in [1.165, 1.54) is 0 Å². The maximum absolute atomic E-state index is 12.6. The Hall–Kier alpha value is -0.770. The lowest BCUT2D eigenvalue weighted by Crippen LogP contribution is -2.45. The topological polar surface area (TPSA) is 9.23 Å². The second-order valence-corrected chi connectivity index (χ2v) is 7.57. The molecule has 0 N–H and O–H groups in total. The van der Waals surface area contributed by atoms with Gasteiger partial charge in [-0.15, -0.1) is 0 Å². The van der Waals surface area contributed by atoms with Crippen molar-refractivity contribution in [2.45, 2.75) is 60.2 Å². The molecule has 0 amide bonds. The highest BCUT2D eigenvalue weighted by atomic mass is 19.4. The van der Waals surface area contributed by atoms with Crippen LogP contribution in [-0.2, 0) is 4.74 Å². The normalized spacial score (nSPS) is 24.7. The molecule has 0 aromatic heterocycles. The Labute approximate surface area is 119 Å². The molecule has 0 heterocycles. The average molecular weight is 290 g/mol. The summed E-state index contributed by atoms with van der Waals surface area (Å²) in [7, 11) is 0. The lowest BCUT2D eigenvalue weighted by molar-refractivity contribution is -0.204. The van der Waals surface area contributed by atoms with Crippen molar-refractivity contribution in [3.8, 4) is 0 Å². The summed E-state index contributed by atoms with van der Waals surface area (Å²) in [6, 6.07) is 0. The molecular weight excluding hydrogens is 265 g/mol. The molecule has 0 saturated carbocycles. The molecular formula is C16H25F3O. The van der Waals surface area contributed by atoms with E-state index in [9.17, 15) is 13.2 Å². The van der Waals surface area contributed by atoms with Crippen LogP contribution in [0.2, 0.25) is 0 Å². The van der Waals surface area contributed by atoms with Crippen LogP contribution in [0.4, 0.5) is 13.2 Å². The van der Waals surface area contributed by atoms with Gasteiger partial charge in [0.2, 0.25) is 0 Å². The summed E-state index contributed by atoms with van der Waals surface area (Å²) in [5.74, 6) is 0. The van der Waals surface area contributed by atoms with Crippen LogP contribution < -0.4 is 0 Å². The molecule has 0 bridgehead atoms. The van der Waals surface area contributed by atoms with E-state index in [1.54, 1.807) is 0 Å². The maximum Gasteiger partial charge on any atom is 0.411 e. The van der Waals surface area contributed by atoms with E-state index in [1.807, 2.05) is 60.6 Å².